The molecule has 0 amide bonds. The van der Waals surface area contributed by atoms with Crippen molar-refractivity contribution >= 4 is 17.2 Å². The highest BCUT2D eigenvalue weighted by molar-refractivity contribution is 6.01. The third-order valence-corrected chi connectivity index (χ3v) is 4.61. The summed E-state index contributed by atoms with van der Waals surface area (Å²) in [5, 5.41) is 6.71. The molecular formula is C23H33N5. The average molecular weight is 380 g/mol. The van der Waals surface area contributed by atoms with E-state index in [1.54, 1.807) is 0 Å². The van der Waals surface area contributed by atoms with Crippen molar-refractivity contribution in [3.63, 3.8) is 0 Å². The number of rotatable bonds is 6. The van der Waals surface area contributed by atoms with Crippen LogP contribution in [0.3, 0.4) is 0 Å². The third-order valence-electron chi connectivity index (χ3n) is 4.61. The van der Waals surface area contributed by atoms with Gasteiger partial charge in [0, 0.05) is 45.3 Å². The number of aryl methyl sites for hydroxylation is 1. The molecule has 2 rings (SSSR count). The highest BCUT2D eigenvalue weighted by Gasteiger charge is 2.19. The average Bonchev–Trinajstić information content (AvgIpc) is 2.66. The lowest BCUT2D eigenvalue weighted by Crippen LogP contribution is -2.29. The van der Waals surface area contributed by atoms with Crippen molar-refractivity contribution in [2.45, 2.75) is 40.0 Å². The van der Waals surface area contributed by atoms with Crippen LogP contribution >= 0.6 is 0 Å². The summed E-state index contributed by atoms with van der Waals surface area (Å²) in [7, 11) is 5.86. The van der Waals surface area contributed by atoms with Crippen LogP contribution in [0.4, 0.5) is 5.69 Å². The molecule has 0 aliphatic carbocycles. The predicted molar refractivity (Wildman–Crippen MR) is 122 cm³/mol. The van der Waals surface area contributed by atoms with Gasteiger partial charge in [0.15, 0.2) is 0 Å². The van der Waals surface area contributed by atoms with E-state index in [1.807, 2.05) is 43.2 Å². The molecule has 28 heavy (non-hydrogen) atoms. The lowest BCUT2D eigenvalue weighted by molar-refractivity contribution is 0.622. The number of aliphatic imine (C=N–C) groups is 1. The van der Waals surface area contributed by atoms with Crippen LogP contribution in [0.15, 0.2) is 69.6 Å². The molecule has 150 valence electrons. The number of amidine groups is 1. The highest BCUT2D eigenvalue weighted by Crippen LogP contribution is 2.26. The fourth-order valence-electron chi connectivity index (χ4n) is 3.17. The monoisotopic (exact) mass is 379 g/mol. The SMILES string of the molecule is CC/C=C/C(=C/CC1=NN(c2cccc(C)c2)C(N)=C(C)C1)C(=N\C)/N(C)C. The molecule has 5 heteroatoms. The van der Waals surface area contributed by atoms with Gasteiger partial charge in [-0.1, -0.05) is 37.3 Å². The Bertz CT molecular complexity index is 840. The van der Waals surface area contributed by atoms with Gasteiger partial charge in [0.05, 0.1) is 5.69 Å². The Labute approximate surface area is 169 Å². The standard InChI is InChI=1S/C23H33N5/c1-7-8-11-19(23(25-4)27(5)6)13-14-20-16-18(3)22(24)28(26-20)21-12-9-10-17(2)15-21/h8-13,15H,7,14,16,24H2,1-6H3/b11-8+,19-13-,25-23+. The first-order valence-corrected chi connectivity index (χ1v) is 9.76. The van der Waals surface area contributed by atoms with Crippen LogP contribution in [-0.2, 0) is 0 Å². The van der Waals surface area contributed by atoms with Gasteiger partial charge in [-0.05, 0) is 43.5 Å². The normalized spacial score (nSPS) is 16.1. The van der Waals surface area contributed by atoms with Crippen LogP contribution in [0.25, 0.3) is 0 Å². The van der Waals surface area contributed by atoms with Crippen molar-refractivity contribution in [3.05, 3.63) is 65.0 Å². The topological polar surface area (TPSA) is 57.2 Å². The minimum absolute atomic E-state index is 0.716. The van der Waals surface area contributed by atoms with Crippen LogP contribution in [-0.4, -0.2) is 37.6 Å². The van der Waals surface area contributed by atoms with E-state index in [0.717, 1.165) is 47.6 Å². The summed E-state index contributed by atoms with van der Waals surface area (Å²) in [4.78, 5) is 6.49. The largest absolute Gasteiger partial charge is 0.384 e. The number of likely N-dealkylation sites (N-methyl/N-ethyl adjacent to an activating group) is 1. The number of nitrogens with zero attached hydrogens (tertiary/aromatic N) is 4. The molecule has 1 aliphatic heterocycles. The van der Waals surface area contributed by atoms with Crippen molar-refractivity contribution in [2.24, 2.45) is 15.8 Å². The quantitative estimate of drug-likeness (QED) is 0.446. The minimum Gasteiger partial charge on any atom is -0.384 e. The van der Waals surface area contributed by atoms with E-state index in [-0.39, 0.29) is 0 Å². The van der Waals surface area contributed by atoms with Gasteiger partial charge in [0.25, 0.3) is 0 Å². The molecule has 1 aromatic rings. The van der Waals surface area contributed by atoms with E-state index < -0.39 is 0 Å². The van der Waals surface area contributed by atoms with Gasteiger partial charge in [-0.25, -0.2) is 5.01 Å². The maximum Gasteiger partial charge on any atom is 0.129 e. The first kappa shape index (κ1) is 21.5. The van der Waals surface area contributed by atoms with Crippen molar-refractivity contribution in [1.29, 1.82) is 0 Å². The maximum absolute atomic E-state index is 6.34. The van der Waals surface area contributed by atoms with E-state index in [1.165, 1.54) is 5.56 Å². The summed E-state index contributed by atoms with van der Waals surface area (Å²) in [6, 6.07) is 8.25. The molecule has 0 radical (unpaired) electrons. The lowest BCUT2D eigenvalue weighted by atomic mass is 10.0. The fourth-order valence-corrected chi connectivity index (χ4v) is 3.17. The first-order chi connectivity index (χ1) is 13.4. The fraction of sp³-hybridized carbons (Fsp3) is 0.391. The summed E-state index contributed by atoms with van der Waals surface area (Å²) < 4.78 is 0. The molecule has 0 aromatic heterocycles. The number of hydrazone groups is 1. The Balaban J connectivity index is 2.34. The number of allylic oxidation sites excluding steroid dienone is 3. The van der Waals surface area contributed by atoms with E-state index in [0.29, 0.717) is 5.82 Å². The van der Waals surface area contributed by atoms with E-state index in [4.69, 9.17) is 10.8 Å². The molecule has 1 aromatic carbocycles. The van der Waals surface area contributed by atoms with Crippen LogP contribution < -0.4 is 10.7 Å². The molecule has 0 spiro atoms. The van der Waals surface area contributed by atoms with Crippen LogP contribution in [0.5, 0.6) is 0 Å². The second-order valence-corrected chi connectivity index (χ2v) is 7.28. The molecule has 0 unspecified atom stereocenters. The number of nitrogens with two attached hydrogens (primary N) is 1. The Morgan fingerprint density at radius 2 is 2.07 bits per heavy atom. The smallest absolute Gasteiger partial charge is 0.129 e. The van der Waals surface area contributed by atoms with Gasteiger partial charge in [-0.15, -0.1) is 0 Å². The van der Waals surface area contributed by atoms with Crippen molar-refractivity contribution < 1.29 is 0 Å². The second kappa shape index (κ2) is 9.93. The molecule has 1 heterocycles. The van der Waals surface area contributed by atoms with Gasteiger partial charge in [0.2, 0.25) is 0 Å². The zero-order chi connectivity index (χ0) is 20.7. The van der Waals surface area contributed by atoms with Crippen molar-refractivity contribution in [1.82, 2.24) is 4.90 Å². The van der Waals surface area contributed by atoms with Crippen LogP contribution in [0.1, 0.15) is 38.7 Å². The molecular weight excluding hydrogens is 346 g/mol. The molecule has 2 N–H and O–H groups in total. The Hall–Kier alpha value is -2.82. The van der Waals surface area contributed by atoms with E-state index >= 15 is 0 Å². The number of hydrogen-bond acceptors (Lipinski definition) is 4. The van der Waals surface area contributed by atoms with E-state index in [2.05, 4.69) is 56.1 Å². The summed E-state index contributed by atoms with van der Waals surface area (Å²) in [6.07, 6.45) is 9.03. The summed E-state index contributed by atoms with van der Waals surface area (Å²) in [6.45, 7) is 6.29. The molecule has 5 nitrogen and oxygen atoms in total. The number of benzene rings is 1. The molecule has 0 saturated heterocycles. The van der Waals surface area contributed by atoms with Crippen molar-refractivity contribution in [3.8, 4) is 0 Å². The Morgan fingerprint density at radius 1 is 1.32 bits per heavy atom. The summed E-state index contributed by atoms with van der Waals surface area (Å²) in [5.41, 5.74) is 11.9. The van der Waals surface area contributed by atoms with Crippen LogP contribution in [0, 0.1) is 6.92 Å². The second-order valence-electron chi connectivity index (χ2n) is 7.28. The summed E-state index contributed by atoms with van der Waals surface area (Å²) in [5.74, 6) is 1.68. The lowest BCUT2D eigenvalue weighted by Gasteiger charge is -2.27. The van der Waals surface area contributed by atoms with Gasteiger partial charge in [-0.3, -0.25) is 4.99 Å². The van der Waals surface area contributed by atoms with Crippen molar-refractivity contribution in [2.75, 3.05) is 26.2 Å². The van der Waals surface area contributed by atoms with Gasteiger partial charge < -0.3 is 10.6 Å². The first-order valence-electron chi connectivity index (χ1n) is 9.76. The predicted octanol–water partition coefficient (Wildman–Crippen LogP) is 4.62. The van der Waals surface area contributed by atoms with Gasteiger partial charge >= 0.3 is 0 Å². The molecule has 0 bridgehead atoms. The molecule has 0 atom stereocenters. The van der Waals surface area contributed by atoms with Crippen LogP contribution in [0.2, 0.25) is 0 Å². The number of anilines is 1. The zero-order valence-electron chi connectivity index (χ0n) is 18.0. The number of hydrogen-bond donors (Lipinski definition) is 1. The maximum atomic E-state index is 6.34. The van der Waals surface area contributed by atoms with Gasteiger partial charge in [0.1, 0.15) is 11.7 Å². The minimum atomic E-state index is 0.716. The van der Waals surface area contributed by atoms with E-state index in [9.17, 15) is 0 Å². The molecule has 1 aliphatic rings. The Kier molecular flexibility index (Phi) is 7.61. The highest BCUT2D eigenvalue weighted by atomic mass is 15.5. The molecule has 0 fully saturated rings. The zero-order valence-corrected chi connectivity index (χ0v) is 18.0. The van der Waals surface area contributed by atoms with Gasteiger partial charge in [-0.2, -0.15) is 5.10 Å². The molecule has 0 saturated carbocycles. The Morgan fingerprint density at radius 3 is 2.68 bits per heavy atom. The third kappa shape index (κ3) is 5.35. The summed E-state index contributed by atoms with van der Waals surface area (Å²) >= 11 is 0.